The van der Waals surface area contributed by atoms with Crippen molar-refractivity contribution in [2.24, 2.45) is 0 Å². The number of carbonyl (C=O) groups is 1. The summed E-state index contributed by atoms with van der Waals surface area (Å²) < 4.78 is 16.6. The summed E-state index contributed by atoms with van der Waals surface area (Å²) in [6.45, 7) is 11.9. The van der Waals surface area contributed by atoms with Gasteiger partial charge in [-0.1, -0.05) is 32.9 Å². The maximum atomic E-state index is 12.4. The Labute approximate surface area is 168 Å². The van der Waals surface area contributed by atoms with Gasteiger partial charge in [0.15, 0.2) is 6.10 Å². The number of anilines is 1. The molecule has 1 N–H and O–H groups in total. The summed E-state index contributed by atoms with van der Waals surface area (Å²) in [5.41, 5.74) is 2.00. The quantitative estimate of drug-likeness (QED) is 0.630. The molecule has 2 rings (SSSR count). The van der Waals surface area contributed by atoms with Crippen LogP contribution in [0.1, 0.15) is 40.2 Å². The zero-order valence-electron chi connectivity index (χ0n) is 17.5. The highest BCUT2D eigenvalue weighted by Gasteiger charge is 2.17. The van der Waals surface area contributed by atoms with E-state index in [9.17, 15) is 4.79 Å². The number of ether oxygens (including phenoxy) is 3. The summed E-state index contributed by atoms with van der Waals surface area (Å²) in [7, 11) is 0. The van der Waals surface area contributed by atoms with Gasteiger partial charge in [0.1, 0.15) is 18.1 Å². The average molecular weight is 386 g/mol. The van der Waals surface area contributed by atoms with Crippen molar-refractivity contribution in [3.05, 3.63) is 54.1 Å². The maximum absolute atomic E-state index is 12.4. The van der Waals surface area contributed by atoms with E-state index < -0.39 is 6.10 Å². The molecule has 0 bridgehead atoms. The fourth-order valence-corrected chi connectivity index (χ4v) is 2.53. The van der Waals surface area contributed by atoms with E-state index in [2.05, 4.69) is 26.1 Å². The van der Waals surface area contributed by atoms with E-state index in [-0.39, 0.29) is 11.3 Å². The molecule has 5 nitrogen and oxygen atoms in total. The van der Waals surface area contributed by atoms with Gasteiger partial charge in [0.25, 0.3) is 5.91 Å². The fourth-order valence-electron chi connectivity index (χ4n) is 2.53. The SMILES string of the molecule is CCOCCOc1ccc(NC(=O)C(C)Oc2ccc(C(C)(C)C)cc2)cc1. The number of carbonyl (C=O) groups excluding carboxylic acids is 1. The Balaban J connectivity index is 1.84. The van der Waals surface area contributed by atoms with Gasteiger partial charge in [0, 0.05) is 12.3 Å². The first-order valence-corrected chi connectivity index (χ1v) is 9.68. The Morgan fingerprint density at radius 3 is 2.14 bits per heavy atom. The summed E-state index contributed by atoms with van der Waals surface area (Å²) in [4.78, 5) is 12.4. The van der Waals surface area contributed by atoms with Gasteiger partial charge in [0.05, 0.1) is 6.61 Å². The van der Waals surface area contributed by atoms with Crippen molar-refractivity contribution in [2.75, 3.05) is 25.1 Å². The summed E-state index contributed by atoms with van der Waals surface area (Å²) in [6, 6.07) is 15.1. The summed E-state index contributed by atoms with van der Waals surface area (Å²) >= 11 is 0. The molecule has 0 spiro atoms. The van der Waals surface area contributed by atoms with Crippen molar-refractivity contribution in [3.63, 3.8) is 0 Å². The lowest BCUT2D eigenvalue weighted by atomic mass is 9.87. The molecule has 0 heterocycles. The van der Waals surface area contributed by atoms with Gasteiger partial charge in [-0.2, -0.15) is 0 Å². The lowest BCUT2D eigenvalue weighted by Gasteiger charge is -2.20. The van der Waals surface area contributed by atoms with Crippen molar-refractivity contribution in [1.29, 1.82) is 0 Å². The zero-order valence-corrected chi connectivity index (χ0v) is 17.5. The number of benzene rings is 2. The Bertz CT molecular complexity index is 733. The monoisotopic (exact) mass is 385 g/mol. The summed E-state index contributed by atoms with van der Waals surface area (Å²) in [5, 5.41) is 2.86. The van der Waals surface area contributed by atoms with E-state index in [4.69, 9.17) is 14.2 Å². The normalized spacial score (nSPS) is 12.3. The first-order chi connectivity index (χ1) is 13.3. The van der Waals surface area contributed by atoms with Crippen LogP contribution in [0.25, 0.3) is 0 Å². The minimum Gasteiger partial charge on any atom is -0.491 e. The van der Waals surface area contributed by atoms with Gasteiger partial charge in [-0.05, 0) is 61.2 Å². The van der Waals surface area contributed by atoms with Crippen molar-refractivity contribution in [1.82, 2.24) is 0 Å². The Hall–Kier alpha value is -2.53. The molecule has 1 atom stereocenters. The van der Waals surface area contributed by atoms with Crippen LogP contribution in [0.5, 0.6) is 11.5 Å². The molecule has 0 aliphatic carbocycles. The predicted molar refractivity (Wildman–Crippen MR) is 112 cm³/mol. The smallest absolute Gasteiger partial charge is 0.265 e. The minimum atomic E-state index is -0.609. The third kappa shape index (κ3) is 6.89. The van der Waals surface area contributed by atoms with E-state index in [1.165, 1.54) is 5.56 Å². The van der Waals surface area contributed by atoms with Gasteiger partial charge in [-0.15, -0.1) is 0 Å². The molecule has 1 amide bonds. The third-order valence-electron chi connectivity index (χ3n) is 4.22. The molecule has 0 aromatic heterocycles. The summed E-state index contributed by atoms with van der Waals surface area (Å²) in [6.07, 6.45) is -0.609. The highest BCUT2D eigenvalue weighted by Crippen LogP contribution is 2.25. The van der Waals surface area contributed by atoms with Crippen LogP contribution in [0.15, 0.2) is 48.5 Å². The second kappa shape index (κ2) is 10.1. The maximum Gasteiger partial charge on any atom is 0.265 e. The van der Waals surface area contributed by atoms with Crippen molar-refractivity contribution >= 4 is 11.6 Å². The Kier molecular flexibility index (Phi) is 7.88. The zero-order chi connectivity index (χ0) is 20.6. The van der Waals surface area contributed by atoms with E-state index in [1.54, 1.807) is 19.1 Å². The highest BCUT2D eigenvalue weighted by atomic mass is 16.5. The van der Waals surface area contributed by atoms with Crippen LogP contribution in [0, 0.1) is 0 Å². The molecule has 0 saturated carbocycles. The van der Waals surface area contributed by atoms with Gasteiger partial charge in [0.2, 0.25) is 0 Å². The molecule has 2 aromatic carbocycles. The first kappa shape index (κ1) is 21.8. The van der Waals surface area contributed by atoms with Crippen LogP contribution in [0.4, 0.5) is 5.69 Å². The van der Waals surface area contributed by atoms with Crippen LogP contribution >= 0.6 is 0 Å². The molecular weight excluding hydrogens is 354 g/mol. The third-order valence-corrected chi connectivity index (χ3v) is 4.22. The second-order valence-corrected chi connectivity index (χ2v) is 7.59. The van der Waals surface area contributed by atoms with Gasteiger partial charge in [-0.25, -0.2) is 0 Å². The number of nitrogens with one attached hydrogen (secondary N) is 1. The number of amides is 1. The number of hydrogen-bond acceptors (Lipinski definition) is 4. The Morgan fingerprint density at radius 2 is 1.57 bits per heavy atom. The lowest BCUT2D eigenvalue weighted by Crippen LogP contribution is -2.30. The second-order valence-electron chi connectivity index (χ2n) is 7.59. The molecule has 0 saturated heterocycles. The van der Waals surface area contributed by atoms with Gasteiger partial charge < -0.3 is 19.5 Å². The van der Waals surface area contributed by atoms with Crippen LogP contribution in [-0.2, 0) is 14.9 Å². The molecule has 2 aromatic rings. The number of hydrogen-bond donors (Lipinski definition) is 1. The minimum absolute atomic E-state index is 0.0838. The average Bonchev–Trinajstić information content (AvgIpc) is 2.66. The molecule has 0 aliphatic rings. The largest absolute Gasteiger partial charge is 0.491 e. The number of rotatable bonds is 9. The van der Waals surface area contributed by atoms with Gasteiger partial charge in [-0.3, -0.25) is 4.79 Å². The highest BCUT2D eigenvalue weighted by molar-refractivity contribution is 5.94. The molecular formula is C23H31NO4. The molecule has 0 fully saturated rings. The van der Waals surface area contributed by atoms with Crippen LogP contribution in [0.3, 0.4) is 0 Å². The van der Waals surface area contributed by atoms with Crippen LogP contribution in [-0.4, -0.2) is 31.8 Å². The predicted octanol–water partition coefficient (Wildman–Crippen LogP) is 4.81. The van der Waals surface area contributed by atoms with Gasteiger partial charge >= 0.3 is 0 Å². The molecule has 1 unspecified atom stereocenters. The first-order valence-electron chi connectivity index (χ1n) is 9.68. The molecule has 0 radical (unpaired) electrons. The lowest BCUT2D eigenvalue weighted by molar-refractivity contribution is -0.122. The van der Waals surface area contributed by atoms with E-state index >= 15 is 0 Å². The fraction of sp³-hybridized carbons (Fsp3) is 0.435. The molecule has 5 heteroatoms. The van der Waals surface area contributed by atoms with E-state index in [1.807, 2.05) is 43.3 Å². The Morgan fingerprint density at radius 1 is 0.964 bits per heavy atom. The van der Waals surface area contributed by atoms with Crippen molar-refractivity contribution in [3.8, 4) is 11.5 Å². The van der Waals surface area contributed by atoms with E-state index in [0.717, 1.165) is 5.75 Å². The molecule has 152 valence electrons. The standard InChI is InChI=1S/C23H31NO4/c1-6-26-15-16-27-20-13-9-19(10-14-20)24-22(25)17(2)28-21-11-7-18(8-12-21)23(3,4)5/h7-14,17H,6,15-16H2,1-5H3,(H,24,25). The van der Waals surface area contributed by atoms with E-state index in [0.29, 0.717) is 31.3 Å². The van der Waals surface area contributed by atoms with Crippen molar-refractivity contribution in [2.45, 2.75) is 46.1 Å². The van der Waals surface area contributed by atoms with Crippen molar-refractivity contribution < 1.29 is 19.0 Å². The molecule has 28 heavy (non-hydrogen) atoms. The summed E-state index contributed by atoms with van der Waals surface area (Å²) in [5.74, 6) is 1.21. The topological polar surface area (TPSA) is 56.8 Å². The van der Waals surface area contributed by atoms with Crippen LogP contribution in [0.2, 0.25) is 0 Å². The van der Waals surface area contributed by atoms with Crippen LogP contribution < -0.4 is 14.8 Å². The molecule has 0 aliphatic heterocycles.